The van der Waals surface area contributed by atoms with Crippen molar-refractivity contribution in [3.63, 3.8) is 0 Å². The van der Waals surface area contributed by atoms with E-state index in [-0.39, 0.29) is 11.9 Å². The third-order valence-corrected chi connectivity index (χ3v) is 4.27. The van der Waals surface area contributed by atoms with E-state index in [1.54, 1.807) is 19.5 Å². The maximum absolute atomic E-state index is 12.3. The van der Waals surface area contributed by atoms with Crippen molar-refractivity contribution in [3.8, 4) is 5.75 Å². The lowest BCUT2D eigenvalue weighted by Crippen LogP contribution is -2.30. The van der Waals surface area contributed by atoms with Crippen LogP contribution in [0, 0.1) is 5.92 Å². The van der Waals surface area contributed by atoms with Crippen LogP contribution in [0.4, 0.5) is 0 Å². The molecule has 0 unspecified atom stereocenters. The predicted octanol–water partition coefficient (Wildman–Crippen LogP) is 3.29. The van der Waals surface area contributed by atoms with Gasteiger partial charge < -0.3 is 10.1 Å². The Kier molecular flexibility index (Phi) is 4.91. The summed E-state index contributed by atoms with van der Waals surface area (Å²) in [5.41, 5.74) is 2.30. The summed E-state index contributed by atoms with van der Waals surface area (Å²) < 4.78 is 5.20. The molecule has 1 heterocycles. The second kappa shape index (κ2) is 7.27. The van der Waals surface area contributed by atoms with Gasteiger partial charge in [-0.15, -0.1) is 0 Å². The molecule has 1 N–H and O–H groups in total. The van der Waals surface area contributed by atoms with Crippen LogP contribution < -0.4 is 10.1 Å². The van der Waals surface area contributed by atoms with Crippen LogP contribution in [0.2, 0.25) is 0 Å². The molecule has 0 saturated heterocycles. The number of carbonyl (C=O) groups excluding carboxylic acids is 1. The predicted molar refractivity (Wildman–Crippen MR) is 89.2 cm³/mol. The number of aromatic nitrogens is 1. The van der Waals surface area contributed by atoms with Crippen molar-refractivity contribution in [1.29, 1.82) is 0 Å². The first kappa shape index (κ1) is 15.5. The van der Waals surface area contributed by atoms with Crippen molar-refractivity contribution in [2.45, 2.75) is 31.7 Å². The highest BCUT2D eigenvalue weighted by Crippen LogP contribution is 2.41. The van der Waals surface area contributed by atoms with Gasteiger partial charge in [-0.25, -0.2) is 0 Å². The van der Waals surface area contributed by atoms with Crippen molar-refractivity contribution in [2.24, 2.45) is 5.92 Å². The lowest BCUT2D eigenvalue weighted by Gasteiger charge is -2.19. The van der Waals surface area contributed by atoms with Crippen molar-refractivity contribution in [2.75, 3.05) is 7.11 Å². The molecule has 2 aromatic rings. The number of nitrogens with zero attached hydrogens (tertiary/aromatic N) is 1. The first-order valence-corrected chi connectivity index (χ1v) is 8.08. The number of carbonyl (C=O) groups is 1. The lowest BCUT2D eigenvalue weighted by molar-refractivity contribution is -0.122. The van der Waals surface area contributed by atoms with Gasteiger partial charge in [-0.1, -0.05) is 12.1 Å². The Balaban J connectivity index is 1.59. The molecule has 23 heavy (non-hydrogen) atoms. The zero-order valence-electron chi connectivity index (χ0n) is 13.4. The van der Waals surface area contributed by atoms with Crippen molar-refractivity contribution in [1.82, 2.24) is 10.3 Å². The molecule has 1 aliphatic rings. The second-order valence-electron chi connectivity index (χ2n) is 6.01. The van der Waals surface area contributed by atoms with Crippen LogP contribution in [-0.2, 0) is 11.2 Å². The molecule has 3 rings (SSSR count). The number of aryl methyl sites for hydroxylation is 1. The molecule has 1 fully saturated rings. The molecular weight excluding hydrogens is 288 g/mol. The third-order valence-electron chi connectivity index (χ3n) is 4.27. The molecule has 1 aromatic carbocycles. The van der Waals surface area contributed by atoms with E-state index in [1.165, 1.54) is 12.8 Å². The molecule has 1 aliphatic carbocycles. The van der Waals surface area contributed by atoms with Gasteiger partial charge in [0.25, 0.3) is 0 Å². The van der Waals surface area contributed by atoms with E-state index in [1.807, 2.05) is 36.4 Å². The average molecular weight is 310 g/mol. The number of hydrogen-bond donors (Lipinski definition) is 1. The van der Waals surface area contributed by atoms with E-state index in [9.17, 15) is 4.79 Å². The van der Waals surface area contributed by atoms with Gasteiger partial charge in [0.2, 0.25) is 5.91 Å². The quantitative estimate of drug-likeness (QED) is 0.854. The van der Waals surface area contributed by atoms with Gasteiger partial charge in [0.05, 0.1) is 13.2 Å². The first-order chi connectivity index (χ1) is 11.3. The molecule has 4 nitrogen and oxygen atoms in total. The van der Waals surface area contributed by atoms with Gasteiger partial charge in [-0.05, 0) is 60.6 Å². The number of nitrogens with one attached hydrogen (secondary N) is 1. The molecule has 4 heteroatoms. The van der Waals surface area contributed by atoms with Gasteiger partial charge in [-0.3, -0.25) is 9.78 Å². The zero-order chi connectivity index (χ0) is 16.1. The third kappa shape index (κ3) is 4.31. The standard InChI is InChI=1S/C19H22N2O2/c1-23-17-7-5-16(6-8-17)19(15-3-4-15)21-18(22)9-2-14-10-12-20-13-11-14/h5-8,10-13,15,19H,2-4,9H2,1H3,(H,21,22)/t19-/m1/s1. The summed E-state index contributed by atoms with van der Waals surface area (Å²) >= 11 is 0. The number of benzene rings is 1. The SMILES string of the molecule is COc1ccc([C@H](NC(=O)CCc2ccncc2)C2CC2)cc1. The Labute approximate surface area is 136 Å². The second-order valence-corrected chi connectivity index (χ2v) is 6.01. The maximum Gasteiger partial charge on any atom is 0.220 e. The highest BCUT2D eigenvalue weighted by Gasteiger charge is 2.33. The number of hydrogen-bond acceptors (Lipinski definition) is 3. The summed E-state index contributed by atoms with van der Waals surface area (Å²) in [5.74, 6) is 1.51. The van der Waals surface area contributed by atoms with E-state index in [4.69, 9.17) is 4.74 Å². The first-order valence-electron chi connectivity index (χ1n) is 8.08. The van der Waals surface area contributed by atoms with E-state index < -0.39 is 0 Å². The molecule has 1 atom stereocenters. The van der Waals surface area contributed by atoms with Crippen LogP contribution in [0.5, 0.6) is 5.75 Å². The fourth-order valence-corrected chi connectivity index (χ4v) is 2.77. The fourth-order valence-electron chi connectivity index (χ4n) is 2.77. The summed E-state index contributed by atoms with van der Waals surface area (Å²) in [6.45, 7) is 0. The van der Waals surface area contributed by atoms with Crippen LogP contribution in [0.3, 0.4) is 0 Å². The monoisotopic (exact) mass is 310 g/mol. The zero-order valence-corrected chi connectivity index (χ0v) is 13.4. The van der Waals surface area contributed by atoms with Crippen LogP contribution in [0.15, 0.2) is 48.8 Å². The van der Waals surface area contributed by atoms with E-state index >= 15 is 0 Å². The minimum absolute atomic E-state index is 0.106. The molecule has 1 saturated carbocycles. The van der Waals surface area contributed by atoms with Crippen LogP contribution >= 0.6 is 0 Å². The highest BCUT2D eigenvalue weighted by atomic mass is 16.5. The largest absolute Gasteiger partial charge is 0.497 e. The molecule has 1 aromatic heterocycles. The molecule has 0 aliphatic heterocycles. The Morgan fingerprint density at radius 1 is 1.22 bits per heavy atom. The maximum atomic E-state index is 12.3. The minimum atomic E-state index is 0.106. The Hall–Kier alpha value is -2.36. The summed E-state index contributed by atoms with van der Waals surface area (Å²) in [6.07, 6.45) is 7.13. The summed E-state index contributed by atoms with van der Waals surface area (Å²) in [5, 5.41) is 3.21. The van der Waals surface area contributed by atoms with Crippen LogP contribution in [-0.4, -0.2) is 18.0 Å². The Bertz CT molecular complexity index is 636. The van der Waals surface area contributed by atoms with Gasteiger partial charge in [0, 0.05) is 18.8 Å². The molecule has 120 valence electrons. The highest BCUT2D eigenvalue weighted by molar-refractivity contribution is 5.76. The number of amides is 1. The molecule has 1 amide bonds. The Morgan fingerprint density at radius 2 is 1.91 bits per heavy atom. The molecule has 0 bridgehead atoms. The summed E-state index contributed by atoms with van der Waals surface area (Å²) in [4.78, 5) is 16.3. The van der Waals surface area contributed by atoms with Crippen molar-refractivity contribution < 1.29 is 9.53 Å². The molecular formula is C19H22N2O2. The number of methoxy groups -OCH3 is 1. The van der Waals surface area contributed by atoms with E-state index in [0.29, 0.717) is 12.3 Å². The summed E-state index contributed by atoms with van der Waals surface area (Å²) in [7, 11) is 1.66. The van der Waals surface area contributed by atoms with Gasteiger partial charge in [0.1, 0.15) is 5.75 Å². The molecule has 0 spiro atoms. The Morgan fingerprint density at radius 3 is 2.52 bits per heavy atom. The van der Waals surface area contributed by atoms with E-state index in [0.717, 1.165) is 23.3 Å². The van der Waals surface area contributed by atoms with Gasteiger partial charge >= 0.3 is 0 Å². The fraction of sp³-hybridized carbons (Fsp3) is 0.368. The topological polar surface area (TPSA) is 51.2 Å². The summed E-state index contributed by atoms with van der Waals surface area (Å²) in [6, 6.07) is 12.0. The lowest BCUT2D eigenvalue weighted by atomic mass is 10.0. The normalized spacial score (nSPS) is 15.0. The number of pyridine rings is 1. The average Bonchev–Trinajstić information content (AvgIpc) is 3.44. The van der Waals surface area contributed by atoms with E-state index in [2.05, 4.69) is 10.3 Å². The number of ether oxygens (including phenoxy) is 1. The molecule has 0 radical (unpaired) electrons. The van der Waals surface area contributed by atoms with Crippen molar-refractivity contribution in [3.05, 3.63) is 59.9 Å². The van der Waals surface area contributed by atoms with Crippen molar-refractivity contribution >= 4 is 5.91 Å². The number of rotatable bonds is 7. The smallest absolute Gasteiger partial charge is 0.220 e. The van der Waals surface area contributed by atoms with Crippen LogP contribution in [0.25, 0.3) is 0 Å². The minimum Gasteiger partial charge on any atom is -0.497 e. The van der Waals surface area contributed by atoms with Crippen LogP contribution in [0.1, 0.15) is 36.4 Å². The van der Waals surface area contributed by atoms with Gasteiger partial charge in [0.15, 0.2) is 0 Å². The van der Waals surface area contributed by atoms with Gasteiger partial charge in [-0.2, -0.15) is 0 Å².